The molecule has 0 spiro atoms. The average Bonchev–Trinajstić information content (AvgIpc) is 2.73. The molecule has 0 saturated carbocycles. The van der Waals surface area contributed by atoms with Crippen LogP contribution in [0.2, 0.25) is 0 Å². The summed E-state index contributed by atoms with van der Waals surface area (Å²) in [5, 5.41) is 21.0. The minimum absolute atomic E-state index is 0.00781. The second kappa shape index (κ2) is 17.1. The average molecular weight is 462 g/mol. The monoisotopic (exact) mass is 461 g/mol. The van der Waals surface area contributed by atoms with E-state index in [-0.39, 0.29) is 51.7 Å². The summed E-state index contributed by atoms with van der Waals surface area (Å²) in [5.41, 5.74) is 11.0. The Hall–Kier alpha value is -2.48. The molecule has 0 saturated heterocycles. The maximum atomic E-state index is 12.5. The molecule has 0 aliphatic rings. The van der Waals surface area contributed by atoms with Crippen LogP contribution in [-0.2, 0) is 14.4 Å². The second-order valence-corrected chi connectivity index (χ2v) is 7.14. The lowest BCUT2D eigenvalue weighted by molar-refractivity contribution is -0.141. The van der Waals surface area contributed by atoms with Crippen molar-refractivity contribution in [1.82, 2.24) is 24.9 Å². The molecular formula is C19H39N7O6. The molecule has 0 radical (unpaired) electrons. The summed E-state index contributed by atoms with van der Waals surface area (Å²) in [5.74, 6) is -2.67. The van der Waals surface area contributed by atoms with E-state index in [4.69, 9.17) is 16.6 Å². The number of likely N-dealkylation sites (N-methyl/N-ethyl adjacent to an activating group) is 1. The zero-order chi connectivity index (χ0) is 24.5. The molecule has 13 heteroatoms. The third-order valence-corrected chi connectivity index (χ3v) is 4.77. The van der Waals surface area contributed by atoms with Crippen molar-refractivity contribution in [2.45, 2.75) is 13.8 Å². The van der Waals surface area contributed by atoms with Crippen molar-refractivity contribution >= 4 is 23.9 Å². The number of nitrogens with one attached hydrogen (secondary N) is 1. The fourth-order valence-electron chi connectivity index (χ4n) is 3.02. The van der Waals surface area contributed by atoms with Crippen molar-refractivity contribution in [3.8, 4) is 0 Å². The SMILES string of the molecule is CCN(CC)CCNC(=O)N(CCN(CC(=O)O)CC(=O)N(CCN)CCN)CC(=O)O. The molecule has 0 bridgehead atoms. The minimum Gasteiger partial charge on any atom is -0.480 e. The molecule has 3 amide bonds. The molecule has 0 aromatic carbocycles. The number of urea groups is 1. The maximum Gasteiger partial charge on any atom is 0.323 e. The first-order valence-corrected chi connectivity index (χ1v) is 10.8. The first-order chi connectivity index (χ1) is 15.2. The van der Waals surface area contributed by atoms with Crippen molar-refractivity contribution in [1.29, 1.82) is 0 Å². The number of amides is 3. The lowest BCUT2D eigenvalue weighted by atomic mass is 10.3. The molecular weight excluding hydrogens is 422 g/mol. The van der Waals surface area contributed by atoms with Crippen LogP contribution in [0.25, 0.3) is 0 Å². The van der Waals surface area contributed by atoms with Crippen molar-refractivity contribution < 1.29 is 29.4 Å². The topological polar surface area (TPSA) is 186 Å². The molecule has 0 heterocycles. The van der Waals surface area contributed by atoms with E-state index in [0.717, 1.165) is 18.0 Å². The number of rotatable bonds is 18. The van der Waals surface area contributed by atoms with Gasteiger partial charge in [-0.15, -0.1) is 0 Å². The summed E-state index contributed by atoms with van der Waals surface area (Å²) in [6.07, 6.45) is 0. The Morgan fingerprint density at radius 3 is 1.75 bits per heavy atom. The van der Waals surface area contributed by atoms with Gasteiger partial charge in [-0.2, -0.15) is 0 Å². The maximum absolute atomic E-state index is 12.5. The van der Waals surface area contributed by atoms with E-state index < -0.39 is 31.1 Å². The lowest BCUT2D eigenvalue weighted by Crippen LogP contribution is -2.50. The quantitative estimate of drug-likeness (QED) is 0.147. The van der Waals surface area contributed by atoms with Crippen LogP contribution in [-0.4, -0.2) is 139 Å². The zero-order valence-corrected chi connectivity index (χ0v) is 19.2. The Balaban J connectivity index is 5.04. The van der Waals surface area contributed by atoms with Gasteiger partial charge in [0.2, 0.25) is 5.91 Å². The summed E-state index contributed by atoms with van der Waals surface area (Å²) < 4.78 is 0. The van der Waals surface area contributed by atoms with Crippen molar-refractivity contribution in [3.05, 3.63) is 0 Å². The molecule has 13 nitrogen and oxygen atoms in total. The second-order valence-electron chi connectivity index (χ2n) is 7.14. The highest BCUT2D eigenvalue weighted by atomic mass is 16.4. The standard InChI is InChI=1S/C19H39N7O6/c1-3-23(4-2)10-7-22-19(32)26(15-18(30)31)12-11-24(14-17(28)29)13-16(27)25(8-5-20)9-6-21/h3-15,20-21H2,1-2H3,(H,22,32)(H,28,29)(H,30,31). The highest BCUT2D eigenvalue weighted by Crippen LogP contribution is 1.98. The Bertz CT molecular complexity index is 583. The first-order valence-electron chi connectivity index (χ1n) is 10.8. The van der Waals surface area contributed by atoms with Crippen LogP contribution in [0.1, 0.15) is 13.8 Å². The number of hydrogen-bond acceptors (Lipinski definition) is 8. The molecule has 0 aromatic heterocycles. The summed E-state index contributed by atoms with van der Waals surface area (Å²) >= 11 is 0. The van der Waals surface area contributed by atoms with Crippen LogP contribution in [0.4, 0.5) is 4.79 Å². The molecule has 186 valence electrons. The number of carbonyl (C=O) groups is 4. The van der Waals surface area contributed by atoms with Crippen molar-refractivity contribution in [3.63, 3.8) is 0 Å². The third-order valence-electron chi connectivity index (χ3n) is 4.77. The van der Waals surface area contributed by atoms with E-state index in [1.807, 2.05) is 13.8 Å². The van der Waals surface area contributed by atoms with Crippen LogP contribution in [0.3, 0.4) is 0 Å². The number of carboxylic acid groups (broad SMARTS) is 2. The van der Waals surface area contributed by atoms with Gasteiger partial charge in [-0.05, 0) is 13.1 Å². The van der Waals surface area contributed by atoms with E-state index in [1.165, 1.54) is 9.80 Å². The first kappa shape index (κ1) is 29.5. The van der Waals surface area contributed by atoms with Gasteiger partial charge in [-0.25, -0.2) is 4.79 Å². The fraction of sp³-hybridized carbons (Fsp3) is 0.789. The lowest BCUT2D eigenvalue weighted by Gasteiger charge is -2.28. The van der Waals surface area contributed by atoms with E-state index in [1.54, 1.807) is 0 Å². The highest BCUT2D eigenvalue weighted by Gasteiger charge is 2.22. The van der Waals surface area contributed by atoms with Gasteiger partial charge in [0, 0.05) is 52.4 Å². The summed E-state index contributed by atoms with van der Waals surface area (Å²) in [7, 11) is 0. The number of aliphatic carboxylic acids is 2. The Morgan fingerprint density at radius 1 is 0.719 bits per heavy atom. The predicted octanol–water partition coefficient (Wildman–Crippen LogP) is -2.44. The van der Waals surface area contributed by atoms with Gasteiger partial charge in [-0.1, -0.05) is 13.8 Å². The summed E-state index contributed by atoms with van der Waals surface area (Å²) in [4.78, 5) is 53.4. The molecule has 0 aliphatic carbocycles. The van der Waals surface area contributed by atoms with Crippen molar-refractivity contribution in [2.24, 2.45) is 11.5 Å². The van der Waals surface area contributed by atoms with Gasteiger partial charge in [-0.3, -0.25) is 19.3 Å². The van der Waals surface area contributed by atoms with Gasteiger partial charge in [0.1, 0.15) is 6.54 Å². The number of nitrogens with zero attached hydrogens (tertiary/aromatic N) is 4. The van der Waals surface area contributed by atoms with Crippen LogP contribution < -0.4 is 16.8 Å². The normalized spacial score (nSPS) is 10.9. The van der Waals surface area contributed by atoms with E-state index in [2.05, 4.69) is 10.2 Å². The highest BCUT2D eigenvalue weighted by molar-refractivity contribution is 5.80. The molecule has 0 unspecified atom stereocenters. The zero-order valence-electron chi connectivity index (χ0n) is 19.2. The van der Waals surface area contributed by atoms with Crippen LogP contribution >= 0.6 is 0 Å². The largest absolute Gasteiger partial charge is 0.480 e. The van der Waals surface area contributed by atoms with E-state index >= 15 is 0 Å². The van der Waals surface area contributed by atoms with E-state index in [9.17, 15) is 24.3 Å². The van der Waals surface area contributed by atoms with Crippen LogP contribution in [0.5, 0.6) is 0 Å². The van der Waals surface area contributed by atoms with Crippen LogP contribution in [0.15, 0.2) is 0 Å². The van der Waals surface area contributed by atoms with Gasteiger partial charge in [0.15, 0.2) is 0 Å². The Labute approximate surface area is 189 Å². The number of carbonyl (C=O) groups excluding carboxylic acids is 2. The van der Waals surface area contributed by atoms with Gasteiger partial charge >= 0.3 is 18.0 Å². The molecule has 7 N–H and O–H groups in total. The smallest absolute Gasteiger partial charge is 0.323 e. The molecule has 0 aliphatic heterocycles. The van der Waals surface area contributed by atoms with E-state index in [0.29, 0.717) is 13.1 Å². The van der Waals surface area contributed by atoms with Crippen LogP contribution in [0, 0.1) is 0 Å². The number of nitrogens with two attached hydrogens (primary N) is 2. The van der Waals surface area contributed by atoms with Gasteiger partial charge < -0.3 is 41.7 Å². The molecule has 0 fully saturated rings. The van der Waals surface area contributed by atoms with Crippen molar-refractivity contribution in [2.75, 3.05) is 85.1 Å². The molecule has 0 atom stereocenters. The Kier molecular flexibility index (Phi) is 15.8. The summed E-state index contributed by atoms with van der Waals surface area (Å²) in [6, 6.07) is -0.561. The minimum atomic E-state index is -1.19. The van der Waals surface area contributed by atoms with Gasteiger partial charge in [0.25, 0.3) is 0 Å². The third kappa shape index (κ3) is 13.0. The Morgan fingerprint density at radius 2 is 1.28 bits per heavy atom. The molecule has 0 rings (SSSR count). The number of hydrogen-bond donors (Lipinski definition) is 5. The molecule has 0 aromatic rings. The summed E-state index contributed by atoms with van der Waals surface area (Å²) in [6.45, 7) is 6.45. The molecule has 32 heavy (non-hydrogen) atoms. The van der Waals surface area contributed by atoms with Gasteiger partial charge in [0.05, 0.1) is 13.1 Å². The fourth-order valence-corrected chi connectivity index (χ4v) is 3.02. The number of carboxylic acids is 2. The predicted molar refractivity (Wildman–Crippen MR) is 119 cm³/mol.